The first kappa shape index (κ1) is 14.1. The van der Waals surface area contributed by atoms with E-state index in [9.17, 15) is 4.79 Å². The molecule has 0 spiro atoms. The molecule has 0 bridgehead atoms. The zero-order valence-corrected chi connectivity index (χ0v) is 13.2. The molecule has 3 nitrogen and oxygen atoms in total. The van der Waals surface area contributed by atoms with Crippen molar-refractivity contribution in [2.75, 3.05) is 11.9 Å². The molecule has 0 aromatic heterocycles. The van der Waals surface area contributed by atoms with Gasteiger partial charge in [-0.05, 0) is 48.2 Å². The molecule has 2 aromatic carbocycles. The summed E-state index contributed by atoms with van der Waals surface area (Å²) in [5.41, 5.74) is 3.79. The molecule has 1 N–H and O–H groups in total. The van der Waals surface area contributed by atoms with E-state index >= 15 is 0 Å². The lowest BCUT2D eigenvalue weighted by molar-refractivity contribution is 0.0471. The number of rotatable bonds is 3. The molecular weight excluding hydrogens is 330 g/mol. The maximum absolute atomic E-state index is 12.3. The van der Waals surface area contributed by atoms with Gasteiger partial charge in [-0.2, -0.15) is 0 Å². The summed E-state index contributed by atoms with van der Waals surface area (Å²) in [6.45, 7) is 1.26. The molecule has 1 heterocycles. The molecule has 0 atom stereocenters. The van der Waals surface area contributed by atoms with Crippen molar-refractivity contribution in [2.45, 2.75) is 19.4 Å². The highest BCUT2D eigenvalue weighted by atomic mass is 79.9. The van der Waals surface area contributed by atoms with Crippen LogP contribution in [0.5, 0.6) is 0 Å². The summed E-state index contributed by atoms with van der Waals surface area (Å²) in [5.74, 6) is -0.251. The lowest BCUT2D eigenvalue weighted by atomic mass is 9.98. The minimum Gasteiger partial charge on any atom is -0.457 e. The molecule has 0 fully saturated rings. The molecule has 108 valence electrons. The van der Waals surface area contributed by atoms with Crippen LogP contribution in [0.4, 0.5) is 5.69 Å². The van der Waals surface area contributed by atoms with Crippen LogP contribution in [-0.2, 0) is 17.8 Å². The molecule has 0 aliphatic carbocycles. The highest BCUT2D eigenvalue weighted by Crippen LogP contribution is 2.26. The zero-order valence-electron chi connectivity index (χ0n) is 11.6. The fraction of sp³-hybridized carbons (Fsp3) is 0.235. The minimum atomic E-state index is -0.251. The summed E-state index contributed by atoms with van der Waals surface area (Å²) in [5, 5.41) is 3.32. The fourth-order valence-corrected chi connectivity index (χ4v) is 2.77. The van der Waals surface area contributed by atoms with Crippen molar-refractivity contribution in [3.63, 3.8) is 0 Å². The van der Waals surface area contributed by atoms with Crippen LogP contribution < -0.4 is 5.32 Å². The number of benzene rings is 2. The van der Waals surface area contributed by atoms with Crippen LogP contribution in [0.15, 0.2) is 46.9 Å². The number of hydrogen-bond donors (Lipinski definition) is 1. The predicted octanol–water partition coefficient (Wildman–Crippen LogP) is 4.16. The van der Waals surface area contributed by atoms with Crippen LogP contribution >= 0.6 is 15.9 Å². The Balaban J connectivity index is 1.72. The number of fused-ring (bicyclic) bond motifs is 1. The topological polar surface area (TPSA) is 38.3 Å². The lowest BCUT2D eigenvalue weighted by Crippen LogP contribution is -2.16. The Bertz CT molecular complexity index is 652. The van der Waals surface area contributed by atoms with E-state index in [2.05, 4.69) is 21.2 Å². The predicted molar refractivity (Wildman–Crippen MR) is 86.5 cm³/mol. The molecular formula is C17H16BrNO2. The van der Waals surface area contributed by atoms with Gasteiger partial charge in [0.05, 0.1) is 5.56 Å². The van der Waals surface area contributed by atoms with E-state index < -0.39 is 0 Å². The molecule has 0 radical (unpaired) electrons. The first-order valence-electron chi connectivity index (χ1n) is 7.01. The zero-order chi connectivity index (χ0) is 14.7. The molecule has 0 amide bonds. The Hall–Kier alpha value is -1.81. The molecule has 3 rings (SSSR count). The number of anilines is 1. The molecule has 1 aliphatic heterocycles. The summed E-state index contributed by atoms with van der Waals surface area (Å²) in [6, 6.07) is 13.5. The summed E-state index contributed by atoms with van der Waals surface area (Å²) < 4.78 is 6.45. The van der Waals surface area contributed by atoms with Crippen molar-refractivity contribution in [2.24, 2.45) is 0 Å². The first-order valence-corrected chi connectivity index (χ1v) is 7.80. The van der Waals surface area contributed by atoms with Crippen molar-refractivity contribution in [1.82, 2.24) is 0 Å². The van der Waals surface area contributed by atoms with Crippen molar-refractivity contribution in [3.8, 4) is 0 Å². The van der Waals surface area contributed by atoms with Crippen LogP contribution in [0.2, 0.25) is 0 Å². The fourth-order valence-electron chi connectivity index (χ4n) is 2.51. The third-order valence-electron chi connectivity index (χ3n) is 3.60. The van der Waals surface area contributed by atoms with Gasteiger partial charge in [-0.25, -0.2) is 4.79 Å². The second kappa shape index (κ2) is 6.31. The van der Waals surface area contributed by atoms with E-state index in [0.717, 1.165) is 40.7 Å². The summed E-state index contributed by atoms with van der Waals surface area (Å²) in [4.78, 5) is 12.3. The van der Waals surface area contributed by atoms with E-state index in [1.165, 1.54) is 0 Å². The Labute approximate surface area is 132 Å². The van der Waals surface area contributed by atoms with Crippen LogP contribution in [-0.4, -0.2) is 12.5 Å². The third-order valence-corrected chi connectivity index (χ3v) is 4.13. The lowest BCUT2D eigenvalue weighted by Gasteiger charge is -2.20. The number of carbonyl (C=O) groups excluding carboxylic acids is 1. The van der Waals surface area contributed by atoms with Gasteiger partial charge >= 0.3 is 5.97 Å². The number of carbonyl (C=O) groups is 1. The van der Waals surface area contributed by atoms with Crippen LogP contribution in [0.25, 0.3) is 0 Å². The average molecular weight is 346 g/mol. The largest absolute Gasteiger partial charge is 0.457 e. The minimum absolute atomic E-state index is 0.251. The van der Waals surface area contributed by atoms with Gasteiger partial charge in [0.25, 0.3) is 0 Å². The van der Waals surface area contributed by atoms with E-state index in [1.807, 2.05) is 42.5 Å². The molecule has 0 saturated heterocycles. The SMILES string of the molecule is O=C(OCc1ccc(Br)cc1)c1cccc2c1CCCN2. The summed E-state index contributed by atoms with van der Waals surface area (Å²) in [7, 11) is 0. The quantitative estimate of drug-likeness (QED) is 0.848. The normalized spacial score (nSPS) is 13.2. The molecule has 1 aliphatic rings. The summed E-state index contributed by atoms with van der Waals surface area (Å²) >= 11 is 3.39. The Morgan fingerprint density at radius 3 is 2.81 bits per heavy atom. The van der Waals surface area contributed by atoms with Crippen LogP contribution in [0.1, 0.15) is 27.9 Å². The van der Waals surface area contributed by atoms with E-state index in [4.69, 9.17) is 4.74 Å². The average Bonchev–Trinajstić information content (AvgIpc) is 2.53. The van der Waals surface area contributed by atoms with Gasteiger partial charge in [-0.3, -0.25) is 0 Å². The standard InChI is InChI=1S/C17H16BrNO2/c18-13-8-6-12(7-9-13)11-21-17(20)15-3-1-5-16-14(15)4-2-10-19-16/h1,3,5-9,19H,2,4,10-11H2. The van der Waals surface area contributed by atoms with E-state index in [-0.39, 0.29) is 5.97 Å². The maximum Gasteiger partial charge on any atom is 0.338 e. The van der Waals surface area contributed by atoms with Gasteiger partial charge in [-0.15, -0.1) is 0 Å². The third kappa shape index (κ3) is 3.27. The number of esters is 1. The molecule has 4 heteroatoms. The van der Waals surface area contributed by atoms with Gasteiger partial charge < -0.3 is 10.1 Å². The monoisotopic (exact) mass is 345 g/mol. The number of nitrogens with one attached hydrogen (secondary N) is 1. The van der Waals surface area contributed by atoms with Crippen molar-refractivity contribution >= 4 is 27.6 Å². The highest BCUT2D eigenvalue weighted by molar-refractivity contribution is 9.10. The number of halogens is 1. The molecule has 0 unspecified atom stereocenters. The molecule has 0 saturated carbocycles. The highest BCUT2D eigenvalue weighted by Gasteiger charge is 2.18. The van der Waals surface area contributed by atoms with Crippen LogP contribution in [0.3, 0.4) is 0 Å². The van der Waals surface area contributed by atoms with E-state index in [1.54, 1.807) is 0 Å². The van der Waals surface area contributed by atoms with Gasteiger partial charge in [0, 0.05) is 16.7 Å². The Morgan fingerprint density at radius 1 is 1.19 bits per heavy atom. The van der Waals surface area contributed by atoms with Crippen LogP contribution in [0, 0.1) is 0 Å². The van der Waals surface area contributed by atoms with Crippen molar-refractivity contribution < 1.29 is 9.53 Å². The van der Waals surface area contributed by atoms with Gasteiger partial charge in [-0.1, -0.05) is 34.1 Å². The number of hydrogen-bond acceptors (Lipinski definition) is 3. The molecule has 2 aromatic rings. The van der Waals surface area contributed by atoms with Gasteiger partial charge in [0.2, 0.25) is 0 Å². The van der Waals surface area contributed by atoms with Gasteiger partial charge in [0.15, 0.2) is 0 Å². The first-order chi connectivity index (χ1) is 10.2. The van der Waals surface area contributed by atoms with Crippen molar-refractivity contribution in [1.29, 1.82) is 0 Å². The van der Waals surface area contributed by atoms with Crippen molar-refractivity contribution in [3.05, 3.63) is 63.6 Å². The second-order valence-electron chi connectivity index (χ2n) is 5.06. The Kier molecular flexibility index (Phi) is 4.25. The summed E-state index contributed by atoms with van der Waals surface area (Å²) in [6.07, 6.45) is 1.97. The number of ether oxygens (including phenoxy) is 1. The Morgan fingerprint density at radius 2 is 2.00 bits per heavy atom. The maximum atomic E-state index is 12.3. The van der Waals surface area contributed by atoms with E-state index in [0.29, 0.717) is 12.2 Å². The second-order valence-corrected chi connectivity index (χ2v) is 5.98. The smallest absolute Gasteiger partial charge is 0.338 e. The van der Waals surface area contributed by atoms with Gasteiger partial charge in [0.1, 0.15) is 6.61 Å². The molecule has 21 heavy (non-hydrogen) atoms.